The Hall–Kier alpha value is -1.69. The fraction of sp³-hybridized carbons (Fsp3) is 0.381. The molecular weight excluding hydrogens is 396 g/mol. The van der Waals surface area contributed by atoms with E-state index in [9.17, 15) is 4.79 Å². The molecule has 0 spiro atoms. The molecule has 0 radical (unpaired) electrons. The van der Waals surface area contributed by atoms with Crippen LogP contribution >= 0.6 is 15.9 Å². The van der Waals surface area contributed by atoms with Crippen molar-refractivity contribution < 1.29 is 19.0 Å². The molecule has 4 atom stereocenters. The molecule has 0 amide bonds. The van der Waals surface area contributed by atoms with Crippen LogP contribution in [0.5, 0.6) is 0 Å². The summed E-state index contributed by atoms with van der Waals surface area (Å²) in [5, 5.41) is -0.0618. The molecule has 3 rings (SSSR count). The summed E-state index contributed by atoms with van der Waals surface area (Å²) in [5.41, 5.74) is 1.69. The lowest BCUT2D eigenvalue weighted by Gasteiger charge is -2.21. The van der Waals surface area contributed by atoms with Gasteiger partial charge < -0.3 is 14.2 Å². The molecule has 1 aliphatic rings. The van der Waals surface area contributed by atoms with Crippen LogP contribution in [0.1, 0.15) is 22.8 Å². The fourth-order valence-corrected chi connectivity index (χ4v) is 3.72. The molecule has 0 aliphatic carbocycles. The summed E-state index contributed by atoms with van der Waals surface area (Å²) >= 11 is 3.56. The van der Waals surface area contributed by atoms with Gasteiger partial charge in [-0.3, -0.25) is 0 Å². The SMILES string of the molecule is CC1[C@H](Br)O[C@H](COC(=O)c2ccccc2)[C@@H]1COCc1ccccc1. The molecule has 1 aliphatic heterocycles. The molecule has 0 bridgehead atoms. The van der Waals surface area contributed by atoms with Crippen LogP contribution in [0.3, 0.4) is 0 Å². The highest BCUT2D eigenvalue weighted by atomic mass is 79.9. The number of rotatable bonds is 7. The van der Waals surface area contributed by atoms with Crippen LogP contribution in [-0.2, 0) is 20.8 Å². The average molecular weight is 419 g/mol. The van der Waals surface area contributed by atoms with Gasteiger partial charge >= 0.3 is 5.97 Å². The Bertz CT molecular complexity index is 692. The van der Waals surface area contributed by atoms with E-state index in [1.807, 2.05) is 48.5 Å². The van der Waals surface area contributed by atoms with Gasteiger partial charge in [-0.05, 0) is 23.6 Å². The van der Waals surface area contributed by atoms with E-state index in [1.54, 1.807) is 12.1 Å². The second-order valence-corrected chi connectivity index (χ2v) is 7.42. The van der Waals surface area contributed by atoms with Gasteiger partial charge in [-0.15, -0.1) is 0 Å². The number of alkyl halides is 1. The summed E-state index contributed by atoms with van der Waals surface area (Å²) in [6.07, 6.45) is -0.183. The van der Waals surface area contributed by atoms with Gasteiger partial charge in [0.25, 0.3) is 0 Å². The predicted octanol–water partition coefficient (Wildman–Crippen LogP) is 4.43. The zero-order valence-electron chi connectivity index (χ0n) is 14.7. The van der Waals surface area contributed by atoms with Crippen LogP contribution in [0.2, 0.25) is 0 Å². The Labute approximate surface area is 162 Å². The van der Waals surface area contributed by atoms with E-state index in [0.717, 1.165) is 5.56 Å². The normalized spacial score (nSPS) is 25.2. The molecule has 1 heterocycles. The first-order valence-electron chi connectivity index (χ1n) is 8.78. The molecule has 4 nitrogen and oxygen atoms in total. The maximum atomic E-state index is 12.1. The van der Waals surface area contributed by atoms with Gasteiger partial charge in [0, 0.05) is 5.92 Å². The van der Waals surface area contributed by atoms with Gasteiger partial charge in [-0.25, -0.2) is 4.79 Å². The smallest absolute Gasteiger partial charge is 0.338 e. The first kappa shape index (κ1) is 19.1. The topological polar surface area (TPSA) is 44.8 Å². The van der Waals surface area contributed by atoms with Crippen molar-refractivity contribution in [1.29, 1.82) is 0 Å². The second kappa shape index (κ2) is 9.31. The van der Waals surface area contributed by atoms with E-state index in [1.165, 1.54) is 0 Å². The third kappa shape index (κ3) is 4.93. The molecular formula is C21H23BrO4. The highest BCUT2D eigenvalue weighted by Gasteiger charge is 2.41. The summed E-state index contributed by atoms with van der Waals surface area (Å²) in [6, 6.07) is 19.1. The van der Waals surface area contributed by atoms with E-state index in [2.05, 4.69) is 22.9 Å². The lowest BCUT2D eigenvalue weighted by Crippen LogP contribution is -2.29. The minimum absolute atomic E-state index is 0.0618. The average Bonchev–Trinajstić information content (AvgIpc) is 2.95. The van der Waals surface area contributed by atoms with Crippen LogP contribution < -0.4 is 0 Å². The highest BCUT2D eigenvalue weighted by molar-refractivity contribution is 9.09. The second-order valence-electron chi connectivity index (χ2n) is 6.51. The molecule has 0 aromatic heterocycles. The maximum absolute atomic E-state index is 12.1. The lowest BCUT2D eigenvalue weighted by molar-refractivity contribution is -0.0144. The molecule has 2 aromatic rings. The van der Waals surface area contributed by atoms with Crippen LogP contribution in [-0.4, -0.2) is 30.3 Å². The Kier molecular flexibility index (Phi) is 6.83. The molecule has 26 heavy (non-hydrogen) atoms. The van der Waals surface area contributed by atoms with Crippen LogP contribution in [0.25, 0.3) is 0 Å². The van der Waals surface area contributed by atoms with E-state index in [0.29, 0.717) is 18.8 Å². The number of halogens is 1. The third-order valence-corrected chi connectivity index (χ3v) is 5.73. The van der Waals surface area contributed by atoms with Crippen molar-refractivity contribution in [1.82, 2.24) is 0 Å². The summed E-state index contributed by atoms with van der Waals surface area (Å²) in [5.74, 6) is 0.0988. The van der Waals surface area contributed by atoms with Gasteiger partial charge in [-0.2, -0.15) is 0 Å². The molecule has 5 heteroatoms. The lowest BCUT2D eigenvalue weighted by atomic mass is 9.93. The van der Waals surface area contributed by atoms with Crippen LogP contribution in [0.4, 0.5) is 0 Å². The van der Waals surface area contributed by atoms with Gasteiger partial charge in [-0.1, -0.05) is 71.4 Å². The van der Waals surface area contributed by atoms with Crippen molar-refractivity contribution in [2.45, 2.75) is 24.6 Å². The first-order chi connectivity index (χ1) is 12.6. The van der Waals surface area contributed by atoms with Crippen molar-refractivity contribution in [3.8, 4) is 0 Å². The summed E-state index contributed by atoms with van der Waals surface area (Å²) < 4.78 is 17.3. The Morgan fingerprint density at radius 2 is 1.69 bits per heavy atom. The minimum Gasteiger partial charge on any atom is -0.459 e. The monoisotopic (exact) mass is 418 g/mol. The third-order valence-electron chi connectivity index (χ3n) is 4.68. The van der Waals surface area contributed by atoms with Crippen molar-refractivity contribution >= 4 is 21.9 Å². The van der Waals surface area contributed by atoms with Crippen LogP contribution in [0.15, 0.2) is 60.7 Å². The number of carbonyl (C=O) groups excluding carboxylic acids is 1. The van der Waals surface area contributed by atoms with Gasteiger partial charge in [0.15, 0.2) is 0 Å². The van der Waals surface area contributed by atoms with Crippen LogP contribution in [0, 0.1) is 11.8 Å². The van der Waals surface area contributed by atoms with E-state index >= 15 is 0 Å². The number of benzene rings is 2. The minimum atomic E-state index is -0.330. The largest absolute Gasteiger partial charge is 0.459 e. The molecule has 2 aromatic carbocycles. The highest BCUT2D eigenvalue weighted by Crippen LogP contribution is 2.36. The molecule has 1 fully saturated rings. The molecule has 0 N–H and O–H groups in total. The molecule has 1 unspecified atom stereocenters. The van der Waals surface area contributed by atoms with Gasteiger partial charge in [0.05, 0.1) is 24.9 Å². The number of esters is 1. The molecule has 1 saturated heterocycles. The Morgan fingerprint density at radius 1 is 1.04 bits per heavy atom. The fourth-order valence-electron chi connectivity index (χ4n) is 3.05. The van der Waals surface area contributed by atoms with Gasteiger partial charge in [0.1, 0.15) is 11.6 Å². The van der Waals surface area contributed by atoms with Crippen molar-refractivity contribution in [2.24, 2.45) is 11.8 Å². The Morgan fingerprint density at radius 3 is 2.38 bits per heavy atom. The summed E-state index contributed by atoms with van der Waals surface area (Å²) in [4.78, 5) is 12.1. The van der Waals surface area contributed by atoms with Crippen molar-refractivity contribution in [2.75, 3.05) is 13.2 Å². The van der Waals surface area contributed by atoms with E-state index in [-0.39, 0.29) is 35.5 Å². The Balaban J connectivity index is 1.52. The van der Waals surface area contributed by atoms with E-state index in [4.69, 9.17) is 14.2 Å². The first-order valence-corrected chi connectivity index (χ1v) is 9.70. The maximum Gasteiger partial charge on any atom is 0.338 e. The molecule has 138 valence electrons. The number of hydrogen-bond acceptors (Lipinski definition) is 4. The number of ether oxygens (including phenoxy) is 3. The number of hydrogen-bond donors (Lipinski definition) is 0. The van der Waals surface area contributed by atoms with E-state index < -0.39 is 0 Å². The van der Waals surface area contributed by atoms with Crippen molar-refractivity contribution in [3.63, 3.8) is 0 Å². The van der Waals surface area contributed by atoms with Crippen molar-refractivity contribution in [3.05, 3.63) is 71.8 Å². The standard InChI is InChI=1S/C21H23BrO4/c1-15-18(13-24-12-16-8-4-2-5-9-16)19(26-20(15)22)14-25-21(23)17-10-6-3-7-11-17/h2-11,15,18-20H,12-14H2,1H3/t15?,18-,19-,20-/m1/s1. The quantitative estimate of drug-likeness (QED) is 0.492. The zero-order valence-corrected chi connectivity index (χ0v) is 16.3. The summed E-state index contributed by atoms with van der Waals surface area (Å²) in [7, 11) is 0. The molecule has 0 saturated carbocycles. The zero-order chi connectivity index (χ0) is 18.4. The number of carbonyl (C=O) groups is 1. The predicted molar refractivity (Wildman–Crippen MR) is 103 cm³/mol. The van der Waals surface area contributed by atoms with Gasteiger partial charge in [0.2, 0.25) is 0 Å². The summed E-state index contributed by atoms with van der Waals surface area (Å²) in [6.45, 7) is 3.47.